The van der Waals surface area contributed by atoms with Crippen LogP contribution in [0.2, 0.25) is 5.02 Å². The van der Waals surface area contributed by atoms with Crippen molar-refractivity contribution in [2.75, 3.05) is 0 Å². The molecule has 0 fully saturated rings. The molecular formula is C15H12ClNO. The Hall–Kier alpha value is -1.93. The van der Waals surface area contributed by atoms with E-state index in [9.17, 15) is 5.11 Å². The average Bonchev–Trinajstić information content (AvgIpc) is 2.74. The Kier molecular flexibility index (Phi) is 2.73. The molecule has 0 saturated carbocycles. The molecule has 0 radical (unpaired) electrons. The zero-order valence-electron chi connectivity index (χ0n) is 9.68. The van der Waals surface area contributed by atoms with Gasteiger partial charge in [-0.25, -0.2) is 0 Å². The summed E-state index contributed by atoms with van der Waals surface area (Å²) in [6, 6.07) is 15.2. The van der Waals surface area contributed by atoms with E-state index >= 15 is 0 Å². The highest BCUT2D eigenvalue weighted by atomic mass is 35.5. The fourth-order valence-corrected chi connectivity index (χ4v) is 2.41. The van der Waals surface area contributed by atoms with Gasteiger partial charge in [-0.15, -0.1) is 0 Å². The van der Waals surface area contributed by atoms with E-state index in [0.717, 1.165) is 28.0 Å². The molecule has 2 aromatic carbocycles. The molecule has 3 rings (SSSR count). The lowest BCUT2D eigenvalue weighted by Crippen LogP contribution is -1.97. The highest BCUT2D eigenvalue weighted by Gasteiger charge is 2.04. The summed E-state index contributed by atoms with van der Waals surface area (Å²) < 4.78 is 2.12. The predicted octanol–water partition coefficient (Wildman–Crippen LogP) is 4.05. The van der Waals surface area contributed by atoms with Gasteiger partial charge in [-0.2, -0.15) is 0 Å². The number of fused-ring (bicyclic) bond motifs is 1. The summed E-state index contributed by atoms with van der Waals surface area (Å²) in [7, 11) is 0. The Bertz CT molecular complexity index is 703. The van der Waals surface area contributed by atoms with Crippen molar-refractivity contribution >= 4 is 22.5 Å². The number of aromatic hydroxyl groups is 1. The maximum absolute atomic E-state index is 9.47. The molecule has 0 saturated heterocycles. The Morgan fingerprint density at radius 3 is 2.72 bits per heavy atom. The van der Waals surface area contributed by atoms with Crippen LogP contribution in [-0.2, 0) is 6.54 Å². The molecule has 0 amide bonds. The Morgan fingerprint density at radius 2 is 1.89 bits per heavy atom. The first-order valence-electron chi connectivity index (χ1n) is 5.75. The predicted molar refractivity (Wildman–Crippen MR) is 74.2 cm³/mol. The maximum Gasteiger partial charge on any atom is 0.115 e. The number of nitrogens with zero attached hydrogens (tertiary/aromatic N) is 1. The van der Waals surface area contributed by atoms with Gasteiger partial charge in [0.15, 0.2) is 0 Å². The molecule has 3 heteroatoms. The lowest BCUT2D eigenvalue weighted by atomic mass is 10.2. The van der Waals surface area contributed by atoms with Crippen molar-refractivity contribution in [3.8, 4) is 5.75 Å². The van der Waals surface area contributed by atoms with Gasteiger partial charge in [0, 0.05) is 28.7 Å². The highest BCUT2D eigenvalue weighted by molar-refractivity contribution is 6.35. The number of phenolic OH excluding ortho intramolecular Hbond substituents is 1. The van der Waals surface area contributed by atoms with E-state index in [-0.39, 0.29) is 0 Å². The van der Waals surface area contributed by atoms with Crippen molar-refractivity contribution in [3.05, 3.63) is 65.3 Å². The summed E-state index contributed by atoms with van der Waals surface area (Å²) in [5.41, 5.74) is 2.17. The highest BCUT2D eigenvalue weighted by Crippen LogP contribution is 2.25. The van der Waals surface area contributed by atoms with Gasteiger partial charge in [0.2, 0.25) is 0 Å². The summed E-state index contributed by atoms with van der Waals surface area (Å²) in [6.45, 7) is 0.720. The SMILES string of the molecule is Oc1cccc(Cn2ccc3c(Cl)cccc32)c1. The second-order valence-corrected chi connectivity index (χ2v) is 4.69. The Labute approximate surface area is 110 Å². The molecule has 18 heavy (non-hydrogen) atoms. The first-order valence-corrected chi connectivity index (χ1v) is 6.13. The standard InChI is InChI=1S/C15H12ClNO/c16-14-5-2-6-15-13(14)7-8-17(15)10-11-3-1-4-12(18)9-11/h1-9,18H,10H2. The first-order chi connectivity index (χ1) is 8.74. The fourth-order valence-electron chi connectivity index (χ4n) is 2.18. The maximum atomic E-state index is 9.47. The molecule has 0 aliphatic rings. The molecule has 3 aromatic rings. The lowest BCUT2D eigenvalue weighted by Gasteiger charge is -2.06. The normalized spacial score (nSPS) is 10.9. The largest absolute Gasteiger partial charge is 0.508 e. The number of rotatable bonds is 2. The third-order valence-electron chi connectivity index (χ3n) is 3.02. The van der Waals surface area contributed by atoms with Crippen LogP contribution in [0.1, 0.15) is 5.56 Å². The number of hydrogen-bond acceptors (Lipinski definition) is 1. The summed E-state index contributed by atoms with van der Waals surface area (Å²) in [6.07, 6.45) is 2.01. The fraction of sp³-hybridized carbons (Fsp3) is 0.0667. The lowest BCUT2D eigenvalue weighted by molar-refractivity contribution is 0.474. The van der Waals surface area contributed by atoms with E-state index in [1.165, 1.54) is 0 Å². The first kappa shape index (κ1) is 11.2. The molecular weight excluding hydrogens is 246 g/mol. The second kappa shape index (κ2) is 4.39. The van der Waals surface area contributed by atoms with Crippen molar-refractivity contribution in [2.45, 2.75) is 6.54 Å². The van der Waals surface area contributed by atoms with E-state index in [0.29, 0.717) is 5.75 Å². The third-order valence-corrected chi connectivity index (χ3v) is 3.35. The van der Waals surface area contributed by atoms with E-state index in [1.807, 2.05) is 42.6 Å². The van der Waals surface area contributed by atoms with Gasteiger partial charge in [-0.05, 0) is 35.9 Å². The summed E-state index contributed by atoms with van der Waals surface area (Å²) in [4.78, 5) is 0. The van der Waals surface area contributed by atoms with Crippen LogP contribution in [0.3, 0.4) is 0 Å². The summed E-state index contributed by atoms with van der Waals surface area (Å²) in [5.74, 6) is 0.294. The van der Waals surface area contributed by atoms with E-state index in [4.69, 9.17) is 11.6 Å². The van der Waals surface area contributed by atoms with Gasteiger partial charge in [0.05, 0.1) is 0 Å². The van der Waals surface area contributed by atoms with Crippen molar-refractivity contribution < 1.29 is 5.11 Å². The molecule has 0 aliphatic carbocycles. The zero-order chi connectivity index (χ0) is 12.5. The van der Waals surface area contributed by atoms with E-state index in [2.05, 4.69) is 4.57 Å². The number of benzene rings is 2. The molecule has 0 unspecified atom stereocenters. The van der Waals surface area contributed by atoms with Crippen LogP contribution in [0, 0.1) is 0 Å². The molecule has 0 atom stereocenters. The van der Waals surface area contributed by atoms with Crippen LogP contribution < -0.4 is 0 Å². The van der Waals surface area contributed by atoms with Gasteiger partial charge >= 0.3 is 0 Å². The van der Waals surface area contributed by atoms with Crippen LogP contribution in [0.15, 0.2) is 54.7 Å². The van der Waals surface area contributed by atoms with E-state index < -0.39 is 0 Å². The molecule has 0 spiro atoms. The topological polar surface area (TPSA) is 25.2 Å². The van der Waals surface area contributed by atoms with Crippen molar-refractivity contribution in [2.24, 2.45) is 0 Å². The number of phenols is 1. The molecule has 1 heterocycles. The summed E-state index contributed by atoms with van der Waals surface area (Å²) in [5, 5.41) is 11.3. The number of aromatic nitrogens is 1. The van der Waals surface area contributed by atoms with Crippen molar-refractivity contribution in [1.82, 2.24) is 4.57 Å². The molecule has 0 aliphatic heterocycles. The summed E-state index contributed by atoms with van der Waals surface area (Å²) >= 11 is 6.15. The van der Waals surface area contributed by atoms with Gasteiger partial charge < -0.3 is 9.67 Å². The van der Waals surface area contributed by atoms with Gasteiger partial charge in [0.1, 0.15) is 5.75 Å². The molecule has 2 nitrogen and oxygen atoms in total. The molecule has 0 bridgehead atoms. The van der Waals surface area contributed by atoms with E-state index in [1.54, 1.807) is 12.1 Å². The van der Waals surface area contributed by atoms with Gasteiger partial charge in [0.25, 0.3) is 0 Å². The minimum absolute atomic E-state index is 0.294. The quantitative estimate of drug-likeness (QED) is 0.736. The minimum Gasteiger partial charge on any atom is -0.508 e. The Balaban J connectivity index is 2.03. The number of halogens is 1. The molecule has 1 aromatic heterocycles. The van der Waals surface area contributed by atoms with Gasteiger partial charge in [-0.3, -0.25) is 0 Å². The smallest absolute Gasteiger partial charge is 0.115 e. The minimum atomic E-state index is 0.294. The molecule has 90 valence electrons. The van der Waals surface area contributed by atoms with Crippen LogP contribution in [0.25, 0.3) is 10.9 Å². The second-order valence-electron chi connectivity index (χ2n) is 4.29. The average molecular weight is 258 g/mol. The number of hydrogen-bond donors (Lipinski definition) is 1. The Morgan fingerprint density at radius 1 is 1.06 bits per heavy atom. The molecule has 1 N–H and O–H groups in total. The van der Waals surface area contributed by atoms with Crippen molar-refractivity contribution in [1.29, 1.82) is 0 Å². The van der Waals surface area contributed by atoms with Crippen LogP contribution in [0.4, 0.5) is 0 Å². The third kappa shape index (κ3) is 1.95. The van der Waals surface area contributed by atoms with Crippen molar-refractivity contribution in [3.63, 3.8) is 0 Å². The zero-order valence-corrected chi connectivity index (χ0v) is 10.4. The van der Waals surface area contributed by atoms with Crippen LogP contribution in [0.5, 0.6) is 5.75 Å². The van der Waals surface area contributed by atoms with Crippen LogP contribution >= 0.6 is 11.6 Å². The monoisotopic (exact) mass is 257 g/mol. The van der Waals surface area contributed by atoms with Gasteiger partial charge in [-0.1, -0.05) is 29.8 Å². The van der Waals surface area contributed by atoms with Crippen LogP contribution in [-0.4, -0.2) is 9.67 Å².